The van der Waals surface area contributed by atoms with Crippen LogP contribution in [-0.2, 0) is 10.0 Å². The molecule has 0 spiro atoms. The lowest BCUT2D eigenvalue weighted by atomic mass is 10.0. The number of aromatic nitrogens is 2. The van der Waals surface area contributed by atoms with Crippen LogP contribution in [0.15, 0.2) is 17.3 Å². The highest BCUT2D eigenvalue weighted by molar-refractivity contribution is 7.89. The smallest absolute Gasteiger partial charge is 0.243 e. The van der Waals surface area contributed by atoms with Crippen molar-refractivity contribution in [2.24, 2.45) is 16.7 Å². The fraction of sp³-hybridized carbons (Fsp3) is 0.727. The summed E-state index contributed by atoms with van der Waals surface area (Å²) in [7, 11) is -3.42. The van der Waals surface area contributed by atoms with Gasteiger partial charge in [-0.2, -0.15) is 5.10 Å². The topological polar surface area (TPSA) is 74.8 Å². The number of aromatic amines is 1. The predicted molar refractivity (Wildman–Crippen MR) is 64.8 cm³/mol. The maximum absolute atomic E-state index is 11.9. The van der Waals surface area contributed by atoms with Gasteiger partial charge in [0.05, 0.1) is 6.20 Å². The summed E-state index contributed by atoms with van der Waals surface area (Å²) in [6, 6.07) is 0. The Morgan fingerprint density at radius 1 is 1.35 bits per heavy atom. The highest BCUT2D eigenvalue weighted by Gasteiger charge is 2.64. The number of hydrogen-bond donors (Lipinski definition) is 2. The zero-order valence-corrected chi connectivity index (χ0v) is 11.4. The quantitative estimate of drug-likeness (QED) is 0.855. The molecule has 1 aromatic heterocycles. The van der Waals surface area contributed by atoms with Gasteiger partial charge >= 0.3 is 0 Å². The Balaban J connectivity index is 2.02. The Morgan fingerprint density at radius 2 is 1.94 bits per heavy atom. The summed E-state index contributed by atoms with van der Waals surface area (Å²) in [6.45, 7) is 9.16. The molecule has 1 aliphatic carbocycles. The van der Waals surface area contributed by atoms with Gasteiger partial charge < -0.3 is 0 Å². The molecule has 1 heterocycles. The van der Waals surface area contributed by atoms with E-state index < -0.39 is 10.0 Å². The fourth-order valence-corrected chi connectivity index (χ4v) is 3.46. The second-order valence-electron chi connectivity index (χ2n) is 5.78. The third kappa shape index (κ3) is 1.89. The zero-order chi connectivity index (χ0) is 12.9. The molecule has 1 saturated carbocycles. The van der Waals surface area contributed by atoms with Crippen molar-refractivity contribution in [3.05, 3.63) is 12.4 Å². The molecular weight excluding hydrogens is 238 g/mol. The monoisotopic (exact) mass is 257 g/mol. The molecule has 0 amide bonds. The highest BCUT2D eigenvalue weighted by Crippen LogP contribution is 2.67. The lowest BCUT2D eigenvalue weighted by molar-refractivity contribution is 0.457. The van der Waals surface area contributed by atoms with Crippen molar-refractivity contribution < 1.29 is 8.42 Å². The number of rotatable bonds is 4. The number of hydrogen-bond acceptors (Lipinski definition) is 3. The molecule has 0 atom stereocenters. The van der Waals surface area contributed by atoms with E-state index in [9.17, 15) is 8.42 Å². The van der Waals surface area contributed by atoms with Gasteiger partial charge in [0, 0.05) is 12.7 Å². The van der Waals surface area contributed by atoms with Gasteiger partial charge in [0.15, 0.2) is 0 Å². The SMILES string of the molecule is CC1(C)C(CNS(=O)(=O)c2cn[nH]c2)C1(C)C. The van der Waals surface area contributed by atoms with Crippen LogP contribution in [0.3, 0.4) is 0 Å². The fourth-order valence-electron chi connectivity index (χ4n) is 2.51. The summed E-state index contributed by atoms with van der Waals surface area (Å²) in [6.07, 6.45) is 2.69. The molecule has 0 unspecified atom stereocenters. The Hall–Kier alpha value is -0.880. The standard InChI is InChI=1S/C11H19N3O2S/c1-10(2)9(11(10,3)4)7-14-17(15,16)8-5-12-13-6-8/h5-6,9,14H,7H2,1-4H3,(H,12,13). The molecule has 0 aromatic carbocycles. The lowest BCUT2D eigenvalue weighted by Crippen LogP contribution is -2.27. The first-order valence-corrected chi connectivity index (χ1v) is 7.16. The van der Waals surface area contributed by atoms with Crippen LogP contribution < -0.4 is 4.72 Å². The van der Waals surface area contributed by atoms with Crippen molar-refractivity contribution in [2.75, 3.05) is 6.54 Å². The Labute approximate surface area is 102 Å². The van der Waals surface area contributed by atoms with E-state index in [1.165, 1.54) is 12.4 Å². The minimum Gasteiger partial charge on any atom is -0.284 e. The van der Waals surface area contributed by atoms with E-state index in [2.05, 4.69) is 42.6 Å². The average molecular weight is 257 g/mol. The maximum atomic E-state index is 11.9. The van der Waals surface area contributed by atoms with E-state index in [0.717, 1.165) is 0 Å². The molecule has 1 aromatic rings. The van der Waals surface area contributed by atoms with Crippen LogP contribution in [0.5, 0.6) is 0 Å². The van der Waals surface area contributed by atoms with E-state index in [4.69, 9.17) is 0 Å². The number of nitrogens with zero attached hydrogens (tertiary/aromatic N) is 1. The second-order valence-corrected chi connectivity index (χ2v) is 7.55. The first kappa shape index (κ1) is 12.6. The van der Waals surface area contributed by atoms with Crippen molar-refractivity contribution in [2.45, 2.75) is 32.6 Å². The van der Waals surface area contributed by atoms with Gasteiger partial charge in [-0.3, -0.25) is 5.10 Å². The Bertz CT molecular complexity index is 489. The predicted octanol–water partition coefficient (Wildman–Crippen LogP) is 1.37. The van der Waals surface area contributed by atoms with E-state index >= 15 is 0 Å². The average Bonchev–Trinajstić information content (AvgIpc) is 2.65. The van der Waals surface area contributed by atoms with E-state index in [1.54, 1.807) is 0 Å². The van der Waals surface area contributed by atoms with Crippen LogP contribution >= 0.6 is 0 Å². The molecule has 5 nitrogen and oxygen atoms in total. The van der Waals surface area contributed by atoms with Gasteiger partial charge in [0.1, 0.15) is 4.90 Å². The van der Waals surface area contributed by atoms with Gasteiger partial charge in [-0.15, -0.1) is 0 Å². The molecule has 1 aliphatic rings. The van der Waals surface area contributed by atoms with E-state index in [-0.39, 0.29) is 15.7 Å². The summed E-state index contributed by atoms with van der Waals surface area (Å²) < 4.78 is 26.4. The molecule has 1 fully saturated rings. The van der Waals surface area contributed by atoms with Crippen molar-refractivity contribution >= 4 is 10.0 Å². The van der Waals surface area contributed by atoms with Crippen LogP contribution in [0.25, 0.3) is 0 Å². The zero-order valence-electron chi connectivity index (χ0n) is 10.6. The largest absolute Gasteiger partial charge is 0.284 e. The van der Waals surface area contributed by atoms with Gasteiger partial charge in [0.25, 0.3) is 0 Å². The number of sulfonamides is 1. The molecule has 6 heteroatoms. The third-order valence-corrected chi connectivity index (χ3v) is 5.97. The minimum absolute atomic E-state index is 0.186. The van der Waals surface area contributed by atoms with Gasteiger partial charge in [-0.05, 0) is 16.7 Å². The van der Waals surface area contributed by atoms with Crippen LogP contribution in [-0.4, -0.2) is 25.2 Å². The van der Waals surface area contributed by atoms with Gasteiger partial charge in [-0.25, -0.2) is 13.1 Å². The molecule has 2 N–H and O–H groups in total. The van der Waals surface area contributed by atoms with Crippen molar-refractivity contribution in [3.8, 4) is 0 Å². The maximum Gasteiger partial charge on any atom is 0.243 e. The van der Waals surface area contributed by atoms with Crippen molar-refractivity contribution in [1.29, 1.82) is 0 Å². The van der Waals surface area contributed by atoms with Crippen LogP contribution in [0.1, 0.15) is 27.7 Å². The van der Waals surface area contributed by atoms with Gasteiger partial charge in [0.2, 0.25) is 10.0 Å². The van der Waals surface area contributed by atoms with Crippen LogP contribution in [0.2, 0.25) is 0 Å². The first-order valence-electron chi connectivity index (χ1n) is 5.68. The van der Waals surface area contributed by atoms with Crippen LogP contribution in [0.4, 0.5) is 0 Å². The summed E-state index contributed by atoms with van der Waals surface area (Å²) in [5, 5.41) is 6.15. The molecule has 2 rings (SSSR count). The summed E-state index contributed by atoms with van der Waals surface area (Å²) >= 11 is 0. The second kappa shape index (κ2) is 3.55. The van der Waals surface area contributed by atoms with Crippen molar-refractivity contribution in [3.63, 3.8) is 0 Å². The molecule has 17 heavy (non-hydrogen) atoms. The molecule has 0 saturated heterocycles. The van der Waals surface area contributed by atoms with Crippen LogP contribution in [0, 0.1) is 16.7 Å². The molecule has 0 aliphatic heterocycles. The Morgan fingerprint density at radius 3 is 2.35 bits per heavy atom. The lowest BCUT2D eigenvalue weighted by Gasteiger charge is -2.05. The molecular formula is C11H19N3O2S. The molecule has 0 bridgehead atoms. The summed E-state index contributed by atoms with van der Waals surface area (Å²) in [4.78, 5) is 0.189. The Kier molecular flexibility index (Phi) is 2.63. The molecule has 0 radical (unpaired) electrons. The first-order chi connectivity index (χ1) is 7.69. The number of H-pyrrole nitrogens is 1. The van der Waals surface area contributed by atoms with E-state index in [1.807, 2.05) is 0 Å². The normalized spacial score (nSPS) is 22.6. The van der Waals surface area contributed by atoms with E-state index in [0.29, 0.717) is 12.5 Å². The third-order valence-electron chi connectivity index (χ3n) is 4.58. The highest BCUT2D eigenvalue weighted by atomic mass is 32.2. The summed E-state index contributed by atoms with van der Waals surface area (Å²) in [5.74, 6) is 0.372. The van der Waals surface area contributed by atoms with Gasteiger partial charge in [-0.1, -0.05) is 27.7 Å². The summed E-state index contributed by atoms with van der Waals surface area (Å²) in [5.41, 5.74) is 0.373. The molecule has 96 valence electrons. The van der Waals surface area contributed by atoms with Crippen molar-refractivity contribution in [1.82, 2.24) is 14.9 Å². The minimum atomic E-state index is -3.42. The number of nitrogens with one attached hydrogen (secondary N) is 2.